The molecule has 84 valence electrons. The van der Waals surface area contributed by atoms with Crippen LogP contribution in [0.1, 0.15) is 20.8 Å². The number of hydrogen-bond donors (Lipinski definition) is 4. The molecule has 0 saturated carbocycles. The fourth-order valence-corrected chi connectivity index (χ4v) is 1.58. The summed E-state index contributed by atoms with van der Waals surface area (Å²) in [6, 6.07) is 0. The van der Waals surface area contributed by atoms with Crippen LogP contribution < -0.4 is 0 Å². The normalized spacial score (nSPS) is 45.2. The van der Waals surface area contributed by atoms with Gasteiger partial charge in [-0.2, -0.15) is 0 Å². The lowest BCUT2D eigenvalue weighted by atomic mass is 9.81. The molecule has 5 nitrogen and oxygen atoms in total. The smallest absolute Gasteiger partial charge is 0.183 e. The van der Waals surface area contributed by atoms with Gasteiger partial charge in [-0.25, -0.2) is 0 Å². The molecule has 14 heavy (non-hydrogen) atoms. The molecule has 0 bridgehead atoms. The van der Waals surface area contributed by atoms with Crippen molar-refractivity contribution in [2.45, 2.75) is 51.5 Å². The topological polar surface area (TPSA) is 90.2 Å². The summed E-state index contributed by atoms with van der Waals surface area (Å²) in [5, 5.41) is 37.5. The SMILES string of the molecule is CC(C)(C)[C@@H]1OC(O)[C@H](O)[C@H](O)C1O. The minimum atomic E-state index is -1.46. The van der Waals surface area contributed by atoms with Gasteiger partial charge < -0.3 is 25.2 Å². The molecule has 5 heteroatoms. The highest BCUT2D eigenvalue weighted by molar-refractivity contribution is 4.93. The van der Waals surface area contributed by atoms with Gasteiger partial charge in [0.2, 0.25) is 0 Å². The molecular weight excluding hydrogens is 188 g/mol. The summed E-state index contributed by atoms with van der Waals surface area (Å²) < 4.78 is 5.04. The van der Waals surface area contributed by atoms with Crippen molar-refractivity contribution < 1.29 is 25.2 Å². The maximum atomic E-state index is 9.62. The second-order valence-electron chi connectivity index (χ2n) is 4.79. The monoisotopic (exact) mass is 206 g/mol. The van der Waals surface area contributed by atoms with Crippen molar-refractivity contribution in [2.24, 2.45) is 5.41 Å². The highest BCUT2D eigenvalue weighted by atomic mass is 16.6. The van der Waals surface area contributed by atoms with Crippen LogP contribution in [-0.4, -0.2) is 51.1 Å². The van der Waals surface area contributed by atoms with Crippen molar-refractivity contribution >= 4 is 0 Å². The van der Waals surface area contributed by atoms with E-state index in [1.54, 1.807) is 0 Å². The van der Waals surface area contributed by atoms with Gasteiger partial charge in [0.1, 0.15) is 18.3 Å². The van der Waals surface area contributed by atoms with E-state index in [0.717, 1.165) is 0 Å². The van der Waals surface area contributed by atoms with E-state index >= 15 is 0 Å². The molecule has 4 N–H and O–H groups in total. The third-order valence-corrected chi connectivity index (χ3v) is 2.44. The zero-order valence-corrected chi connectivity index (χ0v) is 8.58. The Morgan fingerprint density at radius 1 is 0.857 bits per heavy atom. The van der Waals surface area contributed by atoms with Gasteiger partial charge in [0.05, 0.1) is 6.10 Å². The minimum absolute atomic E-state index is 0.415. The highest BCUT2D eigenvalue weighted by Gasteiger charge is 2.47. The largest absolute Gasteiger partial charge is 0.388 e. The van der Waals surface area contributed by atoms with E-state index < -0.39 is 36.1 Å². The fraction of sp³-hybridized carbons (Fsp3) is 1.00. The Hall–Kier alpha value is -0.200. The average Bonchev–Trinajstić information content (AvgIpc) is 2.06. The molecule has 5 atom stereocenters. The van der Waals surface area contributed by atoms with Gasteiger partial charge in [-0.1, -0.05) is 20.8 Å². The first-order chi connectivity index (χ1) is 6.25. The Balaban J connectivity index is 2.81. The van der Waals surface area contributed by atoms with E-state index in [1.807, 2.05) is 20.8 Å². The maximum absolute atomic E-state index is 9.62. The first-order valence-electron chi connectivity index (χ1n) is 4.63. The lowest BCUT2D eigenvalue weighted by molar-refractivity contribution is -0.299. The van der Waals surface area contributed by atoms with Crippen molar-refractivity contribution in [3.8, 4) is 0 Å². The van der Waals surface area contributed by atoms with Crippen LogP contribution in [0.4, 0.5) is 0 Å². The Kier molecular flexibility index (Phi) is 3.18. The fourth-order valence-electron chi connectivity index (χ4n) is 1.58. The Bertz CT molecular complexity index is 200. The number of aliphatic hydroxyl groups is 4. The van der Waals surface area contributed by atoms with Crippen LogP contribution in [0.3, 0.4) is 0 Å². The predicted molar refractivity (Wildman–Crippen MR) is 48.4 cm³/mol. The molecule has 1 heterocycles. The number of ether oxygens (including phenoxy) is 1. The van der Waals surface area contributed by atoms with Gasteiger partial charge in [0.15, 0.2) is 6.29 Å². The summed E-state index contributed by atoms with van der Waals surface area (Å²) in [7, 11) is 0. The quantitative estimate of drug-likeness (QED) is 0.401. The second kappa shape index (κ2) is 3.75. The van der Waals surface area contributed by atoms with Gasteiger partial charge in [-0.05, 0) is 5.41 Å². The molecule has 2 unspecified atom stereocenters. The lowest BCUT2D eigenvalue weighted by Gasteiger charge is -2.43. The zero-order chi connectivity index (χ0) is 11.1. The molecule has 0 amide bonds. The summed E-state index contributed by atoms with van der Waals surface area (Å²) in [6.07, 6.45) is -6.16. The lowest BCUT2D eigenvalue weighted by Crippen LogP contribution is -2.60. The van der Waals surface area contributed by atoms with E-state index in [1.165, 1.54) is 0 Å². The van der Waals surface area contributed by atoms with Crippen molar-refractivity contribution in [1.29, 1.82) is 0 Å². The molecule has 0 radical (unpaired) electrons. The first kappa shape index (κ1) is 11.9. The highest BCUT2D eigenvalue weighted by Crippen LogP contribution is 2.32. The van der Waals surface area contributed by atoms with Crippen LogP contribution in [0, 0.1) is 5.41 Å². The van der Waals surface area contributed by atoms with E-state index in [4.69, 9.17) is 4.74 Å². The van der Waals surface area contributed by atoms with Gasteiger partial charge >= 0.3 is 0 Å². The molecule has 0 aromatic carbocycles. The Labute approximate surface area is 82.9 Å². The molecule has 0 spiro atoms. The number of rotatable bonds is 0. The standard InChI is InChI=1S/C9H18O5/c1-9(2,3)7-5(11)4(10)6(12)8(13)14-7/h4-8,10-13H,1-3H3/t4-,5?,6-,7-,8?/m1/s1. The molecule has 1 rings (SSSR count). The molecule has 0 aromatic heterocycles. The first-order valence-corrected chi connectivity index (χ1v) is 4.63. The molecule has 1 aliphatic heterocycles. The van der Waals surface area contributed by atoms with Gasteiger partial charge in [-0.3, -0.25) is 0 Å². The zero-order valence-electron chi connectivity index (χ0n) is 8.58. The van der Waals surface area contributed by atoms with E-state index in [-0.39, 0.29) is 0 Å². The number of hydrogen-bond acceptors (Lipinski definition) is 5. The van der Waals surface area contributed by atoms with Crippen LogP contribution in [0.5, 0.6) is 0 Å². The van der Waals surface area contributed by atoms with Crippen molar-refractivity contribution in [1.82, 2.24) is 0 Å². The van der Waals surface area contributed by atoms with Crippen molar-refractivity contribution in [3.63, 3.8) is 0 Å². The third-order valence-electron chi connectivity index (χ3n) is 2.44. The number of aliphatic hydroxyl groups excluding tert-OH is 4. The van der Waals surface area contributed by atoms with Crippen LogP contribution in [0.2, 0.25) is 0 Å². The van der Waals surface area contributed by atoms with Gasteiger partial charge in [0.25, 0.3) is 0 Å². The van der Waals surface area contributed by atoms with Gasteiger partial charge in [-0.15, -0.1) is 0 Å². The summed E-state index contributed by atoms with van der Waals surface area (Å²) >= 11 is 0. The molecule has 1 fully saturated rings. The van der Waals surface area contributed by atoms with E-state index in [2.05, 4.69) is 0 Å². The molecule has 0 aliphatic carbocycles. The summed E-state index contributed by atoms with van der Waals surface area (Å²) in [6.45, 7) is 5.45. The van der Waals surface area contributed by atoms with E-state index in [0.29, 0.717) is 0 Å². The van der Waals surface area contributed by atoms with Crippen molar-refractivity contribution in [2.75, 3.05) is 0 Å². The van der Waals surface area contributed by atoms with E-state index in [9.17, 15) is 20.4 Å². The maximum Gasteiger partial charge on any atom is 0.183 e. The van der Waals surface area contributed by atoms with Crippen LogP contribution in [0.15, 0.2) is 0 Å². The Morgan fingerprint density at radius 3 is 1.79 bits per heavy atom. The predicted octanol–water partition coefficient (Wildman–Crippen LogP) is -1.17. The van der Waals surface area contributed by atoms with Crippen LogP contribution in [0.25, 0.3) is 0 Å². The molecular formula is C9H18O5. The summed E-state index contributed by atoms with van der Waals surface area (Å²) in [5.74, 6) is 0. The summed E-state index contributed by atoms with van der Waals surface area (Å²) in [5.41, 5.74) is -0.415. The van der Waals surface area contributed by atoms with Crippen LogP contribution in [-0.2, 0) is 4.74 Å². The Morgan fingerprint density at radius 2 is 1.36 bits per heavy atom. The van der Waals surface area contributed by atoms with Crippen molar-refractivity contribution in [3.05, 3.63) is 0 Å². The molecule has 0 aromatic rings. The van der Waals surface area contributed by atoms with Crippen LogP contribution >= 0.6 is 0 Å². The molecule has 1 aliphatic rings. The minimum Gasteiger partial charge on any atom is -0.388 e. The second-order valence-corrected chi connectivity index (χ2v) is 4.79. The third kappa shape index (κ3) is 2.07. The average molecular weight is 206 g/mol. The summed E-state index contributed by atoms with van der Waals surface area (Å²) in [4.78, 5) is 0. The van der Waals surface area contributed by atoms with Gasteiger partial charge in [0, 0.05) is 0 Å². The molecule has 1 saturated heterocycles.